The van der Waals surface area contributed by atoms with Crippen LogP contribution in [0.3, 0.4) is 0 Å². The number of primary amides is 1. The van der Waals surface area contributed by atoms with Gasteiger partial charge in [0.25, 0.3) is 0 Å². The first-order valence-corrected chi connectivity index (χ1v) is 4.96. The summed E-state index contributed by atoms with van der Waals surface area (Å²) in [5.74, 6) is -0.838. The number of benzene rings is 1. The summed E-state index contributed by atoms with van der Waals surface area (Å²) < 4.78 is 0. The van der Waals surface area contributed by atoms with Gasteiger partial charge in [0, 0.05) is 5.69 Å². The normalized spacial score (nSPS) is 9.88. The number of halogens is 1. The Morgan fingerprint density at radius 2 is 2.12 bits per heavy atom. The quantitative estimate of drug-likeness (QED) is 0.722. The number of amides is 2. The Morgan fingerprint density at radius 3 is 2.69 bits per heavy atom. The minimum absolute atomic E-state index is 0.184. The maximum atomic E-state index is 11.3. The maximum absolute atomic E-state index is 11.3. The summed E-state index contributed by atoms with van der Waals surface area (Å²) in [6, 6.07) is 4.55. The fourth-order valence-electron chi connectivity index (χ4n) is 1.16. The van der Waals surface area contributed by atoms with Gasteiger partial charge in [-0.1, -0.05) is 11.6 Å². The second-order valence-corrected chi connectivity index (χ2v) is 3.54. The highest BCUT2D eigenvalue weighted by atomic mass is 35.5. The number of anilines is 1. The van der Waals surface area contributed by atoms with E-state index in [0.717, 1.165) is 0 Å². The van der Waals surface area contributed by atoms with E-state index < -0.39 is 5.91 Å². The molecule has 5 nitrogen and oxygen atoms in total. The second kappa shape index (κ2) is 5.48. The smallest absolute Gasteiger partial charge is 0.250 e. The summed E-state index contributed by atoms with van der Waals surface area (Å²) in [4.78, 5) is 22.3. The standard InChI is InChI=1S/C10H12ClN3O2/c1-13-5-9(15)14-6-2-3-8(11)7(4-6)10(12)16/h2-4,13H,5H2,1H3,(H2,12,16)(H,14,15). The lowest BCUT2D eigenvalue weighted by Gasteiger charge is -2.06. The van der Waals surface area contributed by atoms with Crippen LogP contribution in [0.15, 0.2) is 18.2 Å². The molecule has 0 aliphatic heterocycles. The number of nitrogens with one attached hydrogen (secondary N) is 2. The molecule has 1 aromatic carbocycles. The van der Waals surface area contributed by atoms with Crippen molar-refractivity contribution in [1.29, 1.82) is 0 Å². The average molecular weight is 242 g/mol. The molecule has 16 heavy (non-hydrogen) atoms. The minimum Gasteiger partial charge on any atom is -0.366 e. The number of nitrogens with two attached hydrogens (primary N) is 1. The van der Waals surface area contributed by atoms with E-state index in [0.29, 0.717) is 5.69 Å². The van der Waals surface area contributed by atoms with Crippen LogP contribution in [0.1, 0.15) is 10.4 Å². The molecule has 0 aliphatic rings. The molecule has 1 aromatic rings. The number of carbonyl (C=O) groups excluding carboxylic acids is 2. The Kier molecular flexibility index (Phi) is 4.28. The number of carbonyl (C=O) groups is 2. The molecule has 0 saturated heterocycles. The van der Waals surface area contributed by atoms with Gasteiger partial charge in [-0.2, -0.15) is 0 Å². The van der Waals surface area contributed by atoms with Crippen molar-refractivity contribution in [3.05, 3.63) is 28.8 Å². The molecular weight excluding hydrogens is 230 g/mol. The maximum Gasteiger partial charge on any atom is 0.250 e. The minimum atomic E-state index is -0.630. The van der Waals surface area contributed by atoms with Gasteiger partial charge in [0.2, 0.25) is 11.8 Å². The zero-order valence-corrected chi connectivity index (χ0v) is 9.47. The Hall–Kier alpha value is -1.59. The Bertz CT molecular complexity index is 421. The van der Waals surface area contributed by atoms with Gasteiger partial charge in [-0.25, -0.2) is 0 Å². The molecule has 0 spiro atoms. The summed E-state index contributed by atoms with van der Waals surface area (Å²) in [6.07, 6.45) is 0. The van der Waals surface area contributed by atoms with E-state index in [4.69, 9.17) is 17.3 Å². The molecule has 0 fully saturated rings. The summed E-state index contributed by atoms with van der Waals surface area (Å²) in [6.45, 7) is 0.189. The molecule has 0 bridgehead atoms. The molecule has 0 aliphatic carbocycles. The van der Waals surface area contributed by atoms with Gasteiger partial charge in [0.15, 0.2) is 0 Å². The molecule has 0 atom stereocenters. The molecule has 0 heterocycles. The lowest BCUT2D eigenvalue weighted by Crippen LogP contribution is -2.25. The van der Waals surface area contributed by atoms with Gasteiger partial charge in [-0.05, 0) is 25.2 Å². The summed E-state index contributed by atoms with van der Waals surface area (Å²) in [5, 5.41) is 5.57. The van der Waals surface area contributed by atoms with Crippen LogP contribution in [0.25, 0.3) is 0 Å². The molecule has 0 radical (unpaired) electrons. The molecule has 86 valence electrons. The van der Waals surface area contributed by atoms with Crippen LogP contribution in [0.2, 0.25) is 5.02 Å². The van der Waals surface area contributed by atoms with Gasteiger partial charge in [-0.15, -0.1) is 0 Å². The van der Waals surface area contributed by atoms with Crippen LogP contribution >= 0.6 is 11.6 Å². The summed E-state index contributed by atoms with van der Waals surface area (Å²) >= 11 is 5.76. The van der Waals surface area contributed by atoms with E-state index >= 15 is 0 Å². The van der Waals surface area contributed by atoms with Crippen molar-refractivity contribution in [2.75, 3.05) is 18.9 Å². The van der Waals surface area contributed by atoms with Gasteiger partial charge in [-0.3, -0.25) is 9.59 Å². The van der Waals surface area contributed by atoms with Crippen molar-refractivity contribution in [3.63, 3.8) is 0 Å². The van der Waals surface area contributed by atoms with E-state index in [2.05, 4.69) is 10.6 Å². The fraction of sp³-hybridized carbons (Fsp3) is 0.200. The molecule has 0 aromatic heterocycles. The van der Waals surface area contributed by atoms with E-state index in [1.165, 1.54) is 12.1 Å². The monoisotopic (exact) mass is 241 g/mol. The predicted molar refractivity (Wildman–Crippen MR) is 62.5 cm³/mol. The zero-order valence-electron chi connectivity index (χ0n) is 8.71. The van der Waals surface area contributed by atoms with Crippen molar-refractivity contribution in [3.8, 4) is 0 Å². The third-order valence-electron chi connectivity index (χ3n) is 1.85. The number of rotatable bonds is 4. The number of likely N-dealkylation sites (N-methyl/N-ethyl adjacent to an activating group) is 1. The second-order valence-electron chi connectivity index (χ2n) is 3.14. The Morgan fingerprint density at radius 1 is 1.44 bits per heavy atom. The zero-order chi connectivity index (χ0) is 12.1. The first-order valence-electron chi connectivity index (χ1n) is 4.58. The van der Waals surface area contributed by atoms with E-state index in [1.807, 2.05) is 0 Å². The van der Waals surface area contributed by atoms with E-state index in [9.17, 15) is 9.59 Å². The van der Waals surface area contributed by atoms with Gasteiger partial charge in [0.1, 0.15) is 0 Å². The van der Waals surface area contributed by atoms with Crippen LogP contribution in [-0.4, -0.2) is 25.4 Å². The van der Waals surface area contributed by atoms with Crippen molar-refractivity contribution in [1.82, 2.24) is 5.32 Å². The molecule has 4 N–H and O–H groups in total. The van der Waals surface area contributed by atoms with Crippen LogP contribution < -0.4 is 16.4 Å². The largest absolute Gasteiger partial charge is 0.366 e. The van der Waals surface area contributed by atoms with Gasteiger partial charge in [0.05, 0.1) is 17.1 Å². The lowest BCUT2D eigenvalue weighted by atomic mass is 10.2. The first-order chi connectivity index (χ1) is 7.54. The van der Waals surface area contributed by atoms with Crippen molar-refractivity contribution < 1.29 is 9.59 Å². The van der Waals surface area contributed by atoms with Crippen LogP contribution in [-0.2, 0) is 4.79 Å². The molecule has 2 amide bonds. The topological polar surface area (TPSA) is 84.2 Å². The third kappa shape index (κ3) is 3.22. The van der Waals surface area contributed by atoms with Crippen LogP contribution in [0.5, 0.6) is 0 Å². The summed E-state index contributed by atoms with van der Waals surface area (Å²) in [5.41, 5.74) is 5.79. The van der Waals surface area contributed by atoms with Crippen LogP contribution in [0.4, 0.5) is 5.69 Å². The highest BCUT2D eigenvalue weighted by Crippen LogP contribution is 2.19. The average Bonchev–Trinajstić information content (AvgIpc) is 2.21. The third-order valence-corrected chi connectivity index (χ3v) is 2.18. The molecule has 1 rings (SSSR count). The van der Waals surface area contributed by atoms with Gasteiger partial charge >= 0.3 is 0 Å². The number of hydrogen-bond acceptors (Lipinski definition) is 3. The molecule has 6 heteroatoms. The van der Waals surface area contributed by atoms with Gasteiger partial charge < -0.3 is 16.4 Å². The highest BCUT2D eigenvalue weighted by Gasteiger charge is 2.08. The van der Waals surface area contributed by atoms with Crippen molar-refractivity contribution in [2.45, 2.75) is 0 Å². The van der Waals surface area contributed by atoms with E-state index in [1.54, 1.807) is 13.1 Å². The Labute approximate surface area is 98.0 Å². The van der Waals surface area contributed by atoms with Crippen molar-refractivity contribution in [2.24, 2.45) is 5.73 Å². The fourth-order valence-corrected chi connectivity index (χ4v) is 1.37. The SMILES string of the molecule is CNCC(=O)Nc1ccc(Cl)c(C(N)=O)c1. The summed E-state index contributed by atoms with van der Waals surface area (Å²) in [7, 11) is 1.66. The number of hydrogen-bond donors (Lipinski definition) is 3. The van der Waals surface area contributed by atoms with Crippen LogP contribution in [0, 0.1) is 0 Å². The Balaban J connectivity index is 2.87. The first kappa shape index (κ1) is 12.5. The molecule has 0 unspecified atom stereocenters. The lowest BCUT2D eigenvalue weighted by molar-refractivity contribution is -0.115. The highest BCUT2D eigenvalue weighted by molar-refractivity contribution is 6.33. The van der Waals surface area contributed by atoms with Crippen molar-refractivity contribution >= 4 is 29.1 Å². The van der Waals surface area contributed by atoms with E-state index in [-0.39, 0.29) is 23.0 Å². The predicted octanol–water partition coefficient (Wildman–Crippen LogP) is 0.597. The molecular formula is C10H12ClN3O2. The molecule has 0 saturated carbocycles.